The first-order valence-electron chi connectivity index (χ1n) is 7.19. The van der Waals surface area contributed by atoms with Crippen molar-refractivity contribution < 1.29 is 18.1 Å². The van der Waals surface area contributed by atoms with Crippen molar-refractivity contribution in [2.45, 2.75) is 17.4 Å². The second-order valence-corrected chi connectivity index (χ2v) is 6.64. The molecule has 120 valence electrons. The fraction of sp³-hybridized carbons (Fsp3) is 0.235. The van der Waals surface area contributed by atoms with Gasteiger partial charge in [0.05, 0.1) is 22.3 Å². The lowest BCUT2D eigenvalue weighted by Gasteiger charge is -2.25. The highest BCUT2D eigenvalue weighted by Gasteiger charge is 2.27. The van der Waals surface area contributed by atoms with Gasteiger partial charge in [0, 0.05) is 11.9 Å². The van der Waals surface area contributed by atoms with Gasteiger partial charge in [-0.05, 0) is 35.7 Å². The Labute approximate surface area is 136 Å². The molecular formula is C17H16FNO3S. The first-order chi connectivity index (χ1) is 11.1. The summed E-state index contributed by atoms with van der Waals surface area (Å²) in [5.74, 6) is -0.949. The minimum Gasteiger partial charge on any atom is -0.363 e. The van der Waals surface area contributed by atoms with Crippen molar-refractivity contribution in [3.63, 3.8) is 0 Å². The normalized spacial score (nSPS) is 18.1. The molecule has 1 heterocycles. The zero-order chi connectivity index (χ0) is 16.4. The second kappa shape index (κ2) is 6.60. The van der Waals surface area contributed by atoms with Crippen molar-refractivity contribution in [3.8, 4) is 0 Å². The summed E-state index contributed by atoms with van der Waals surface area (Å²) >= 11 is 0. The van der Waals surface area contributed by atoms with Gasteiger partial charge in [0.2, 0.25) is 0 Å². The van der Waals surface area contributed by atoms with Crippen LogP contribution in [0.4, 0.5) is 10.1 Å². The Morgan fingerprint density at radius 1 is 1.30 bits per heavy atom. The van der Waals surface area contributed by atoms with E-state index in [1.807, 2.05) is 24.3 Å². The lowest BCUT2D eigenvalue weighted by atomic mass is 9.97. The first kappa shape index (κ1) is 15.8. The molecule has 3 rings (SSSR count). The van der Waals surface area contributed by atoms with Crippen molar-refractivity contribution in [2.75, 3.05) is 18.2 Å². The maximum absolute atomic E-state index is 13.9. The smallest absolute Gasteiger partial charge is 0.258 e. The topological polar surface area (TPSA) is 55.4 Å². The Kier molecular flexibility index (Phi) is 4.54. The number of halogens is 1. The van der Waals surface area contributed by atoms with E-state index in [0.29, 0.717) is 12.3 Å². The van der Waals surface area contributed by atoms with Gasteiger partial charge >= 0.3 is 0 Å². The molecule has 0 saturated carbocycles. The van der Waals surface area contributed by atoms with Gasteiger partial charge in [-0.25, -0.2) is 4.39 Å². The van der Waals surface area contributed by atoms with Gasteiger partial charge in [-0.1, -0.05) is 24.3 Å². The molecule has 2 atom stereocenters. The van der Waals surface area contributed by atoms with E-state index in [1.54, 1.807) is 0 Å². The Morgan fingerprint density at radius 2 is 2.09 bits per heavy atom. The van der Waals surface area contributed by atoms with Crippen molar-refractivity contribution in [2.24, 2.45) is 0 Å². The SMILES string of the molecule is C[S@@](=O)c1ccc(NC(=O)[C@@H]2OCCc3ccccc32)cc1F. The van der Waals surface area contributed by atoms with Gasteiger partial charge in [0.25, 0.3) is 5.91 Å². The quantitative estimate of drug-likeness (QED) is 0.940. The van der Waals surface area contributed by atoms with Crippen LogP contribution in [0, 0.1) is 5.82 Å². The summed E-state index contributed by atoms with van der Waals surface area (Å²) in [4.78, 5) is 12.6. The van der Waals surface area contributed by atoms with E-state index >= 15 is 0 Å². The number of anilines is 1. The lowest BCUT2D eigenvalue weighted by Crippen LogP contribution is -2.28. The maximum Gasteiger partial charge on any atom is 0.258 e. The van der Waals surface area contributed by atoms with Crippen LogP contribution in [0.5, 0.6) is 0 Å². The van der Waals surface area contributed by atoms with Crippen LogP contribution >= 0.6 is 0 Å². The summed E-state index contributed by atoms with van der Waals surface area (Å²) in [7, 11) is -1.41. The molecule has 1 amide bonds. The minimum atomic E-state index is -1.41. The number of fused-ring (bicyclic) bond motifs is 1. The third-order valence-corrected chi connectivity index (χ3v) is 4.69. The molecule has 1 aliphatic heterocycles. The summed E-state index contributed by atoms with van der Waals surface area (Å²) < 4.78 is 30.8. The van der Waals surface area contributed by atoms with Crippen molar-refractivity contribution >= 4 is 22.4 Å². The van der Waals surface area contributed by atoms with Crippen molar-refractivity contribution in [1.29, 1.82) is 0 Å². The molecule has 0 spiro atoms. The molecular weight excluding hydrogens is 317 g/mol. The van der Waals surface area contributed by atoms with Crippen LogP contribution in [0.1, 0.15) is 17.2 Å². The third-order valence-electron chi connectivity index (χ3n) is 3.74. The van der Waals surface area contributed by atoms with Gasteiger partial charge in [0.1, 0.15) is 5.82 Å². The first-order valence-corrected chi connectivity index (χ1v) is 8.75. The number of hydrogen-bond acceptors (Lipinski definition) is 3. The predicted octanol–water partition coefficient (Wildman–Crippen LogP) is 2.82. The number of nitrogens with one attached hydrogen (secondary N) is 1. The predicted molar refractivity (Wildman–Crippen MR) is 86.2 cm³/mol. The molecule has 0 radical (unpaired) electrons. The standard InChI is InChI=1S/C17H16FNO3S/c1-23(21)15-7-6-12(10-14(15)18)19-17(20)16-13-5-3-2-4-11(13)8-9-22-16/h2-7,10,16H,8-9H2,1H3,(H,19,20)/t16-,23-/m1/s1. The van der Waals surface area contributed by atoms with E-state index in [9.17, 15) is 13.4 Å². The molecule has 1 N–H and O–H groups in total. The number of benzene rings is 2. The van der Waals surface area contributed by atoms with Crippen LogP contribution in [0.25, 0.3) is 0 Å². The summed E-state index contributed by atoms with van der Waals surface area (Å²) in [6.45, 7) is 0.469. The molecule has 4 nitrogen and oxygen atoms in total. The number of rotatable bonds is 3. The summed E-state index contributed by atoms with van der Waals surface area (Å²) in [5, 5.41) is 2.66. The molecule has 0 unspecified atom stereocenters. The van der Waals surface area contributed by atoms with Gasteiger partial charge in [-0.15, -0.1) is 0 Å². The van der Waals surface area contributed by atoms with E-state index < -0.39 is 22.7 Å². The molecule has 2 aromatic rings. The largest absolute Gasteiger partial charge is 0.363 e. The zero-order valence-electron chi connectivity index (χ0n) is 12.5. The van der Waals surface area contributed by atoms with E-state index in [0.717, 1.165) is 17.5 Å². The Morgan fingerprint density at radius 3 is 2.83 bits per heavy atom. The van der Waals surface area contributed by atoms with Gasteiger partial charge in [0.15, 0.2) is 6.10 Å². The average molecular weight is 333 g/mol. The Balaban J connectivity index is 1.80. The highest BCUT2D eigenvalue weighted by atomic mass is 32.2. The highest BCUT2D eigenvalue weighted by molar-refractivity contribution is 7.84. The molecule has 2 aromatic carbocycles. The fourth-order valence-corrected chi connectivity index (χ4v) is 3.22. The molecule has 0 saturated heterocycles. The maximum atomic E-state index is 13.9. The monoisotopic (exact) mass is 333 g/mol. The van der Waals surface area contributed by atoms with Crippen LogP contribution in [0.15, 0.2) is 47.4 Å². The molecule has 0 aliphatic carbocycles. The number of carbonyl (C=O) groups excluding carboxylic acids is 1. The van der Waals surface area contributed by atoms with Crippen LogP contribution in [0.2, 0.25) is 0 Å². The van der Waals surface area contributed by atoms with Crippen LogP contribution in [-0.4, -0.2) is 23.0 Å². The van der Waals surface area contributed by atoms with Crippen molar-refractivity contribution in [3.05, 3.63) is 59.4 Å². The summed E-state index contributed by atoms with van der Waals surface area (Å²) in [6.07, 6.45) is 1.47. The number of amides is 1. The molecule has 0 bridgehead atoms. The minimum absolute atomic E-state index is 0.113. The third kappa shape index (κ3) is 3.33. The van der Waals surface area contributed by atoms with Gasteiger partial charge < -0.3 is 10.1 Å². The lowest BCUT2D eigenvalue weighted by molar-refractivity contribution is -0.128. The average Bonchev–Trinajstić information content (AvgIpc) is 2.54. The summed E-state index contributed by atoms with van der Waals surface area (Å²) in [6, 6.07) is 11.7. The molecule has 1 aliphatic rings. The Bertz CT molecular complexity index is 778. The van der Waals surface area contributed by atoms with E-state index in [-0.39, 0.29) is 10.8 Å². The highest BCUT2D eigenvalue weighted by Crippen LogP contribution is 2.28. The second-order valence-electron chi connectivity index (χ2n) is 5.29. The molecule has 0 aromatic heterocycles. The number of ether oxygens (including phenoxy) is 1. The van der Waals surface area contributed by atoms with Crippen molar-refractivity contribution in [1.82, 2.24) is 0 Å². The Hall–Kier alpha value is -2.05. The van der Waals surface area contributed by atoms with Crippen LogP contribution in [0.3, 0.4) is 0 Å². The van der Waals surface area contributed by atoms with Gasteiger partial charge in [-0.2, -0.15) is 0 Å². The van der Waals surface area contributed by atoms with E-state index in [1.165, 1.54) is 24.5 Å². The van der Waals surface area contributed by atoms with Crippen LogP contribution in [-0.2, 0) is 26.8 Å². The molecule has 0 fully saturated rings. The summed E-state index contributed by atoms with van der Waals surface area (Å²) in [5.41, 5.74) is 2.23. The number of hydrogen-bond donors (Lipinski definition) is 1. The molecule has 6 heteroatoms. The van der Waals surface area contributed by atoms with E-state index in [2.05, 4.69) is 5.32 Å². The van der Waals surface area contributed by atoms with E-state index in [4.69, 9.17) is 4.74 Å². The van der Waals surface area contributed by atoms with Crippen LogP contribution < -0.4 is 5.32 Å². The van der Waals surface area contributed by atoms with Gasteiger partial charge in [-0.3, -0.25) is 9.00 Å². The fourth-order valence-electron chi connectivity index (χ4n) is 2.63. The molecule has 23 heavy (non-hydrogen) atoms. The zero-order valence-corrected chi connectivity index (χ0v) is 13.4. The number of carbonyl (C=O) groups is 1.